The van der Waals surface area contributed by atoms with E-state index in [1.807, 2.05) is 12.1 Å². The Balaban J connectivity index is 1.39. The van der Waals surface area contributed by atoms with E-state index in [9.17, 15) is 4.79 Å². The third-order valence-corrected chi connectivity index (χ3v) is 4.57. The number of piperidine rings is 1. The van der Waals surface area contributed by atoms with Crippen LogP contribution in [0.15, 0.2) is 29.0 Å². The zero-order valence-electron chi connectivity index (χ0n) is 11.9. The molecule has 4 heterocycles. The summed E-state index contributed by atoms with van der Waals surface area (Å²) in [5.74, 6) is 0.822. The lowest BCUT2D eigenvalue weighted by Gasteiger charge is -2.30. The van der Waals surface area contributed by atoms with E-state index in [0.29, 0.717) is 12.5 Å². The first-order valence-electron chi connectivity index (χ1n) is 7.60. The quantitative estimate of drug-likeness (QED) is 0.930. The number of fused-ring (bicyclic) bond motifs is 3. The molecule has 2 aromatic rings. The molecule has 2 aliphatic heterocycles. The van der Waals surface area contributed by atoms with Gasteiger partial charge in [-0.25, -0.2) is 0 Å². The van der Waals surface area contributed by atoms with Crippen molar-refractivity contribution < 1.29 is 9.21 Å². The van der Waals surface area contributed by atoms with Gasteiger partial charge in [0.25, 0.3) is 0 Å². The van der Waals surface area contributed by atoms with Crippen molar-refractivity contribution in [2.45, 2.75) is 25.3 Å². The minimum atomic E-state index is 0.0564. The fourth-order valence-corrected chi connectivity index (χ4v) is 3.60. The van der Waals surface area contributed by atoms with E-state index >= 15 is 0 Å². The SMILES string of the molecule is O=C(Cc1cc2occc2cn1)N[C@@H]1C[C@H]2CCN(C2)C1. The van der Waals surface area contributed by atoms with Gasteiger partial charge in [-0.1, -0.05) is 0 Å². The van der Waals surface area contributed by atoms with Crippen molar-refractivity contribution in [3.63, 3.8) is 0 Å². The van der Waals surface area contributed by atoms with Crippen LogP contribution in [-0.2, 0) is 11.2 Å². The van der Waals surface area contributed by atoms with Crippen LogP contribution in [-0.4, -0.2) is 41.5 Å². The number of nitrogens with zero attached hydrogens (tertiary/aromatic N) is 2. The van der Waals surface area contributed by atoms with Gasteiger partial charge >= 0.3 is 0 Å². The Morgan fingerprint density at radius 1 is 1.48 bits per heavy atom. The van der Waals surface area contributed by atoms with Crippen molar-refractivity contribution in [3.8, 4) is 0 Å². The first-order chi connectivity index (χ1) is 10.3. The molecule has 2 bridgehead atoms. The standard InChI is InChI=1S/C16H19N3O2/c20-16(18-14-5-11-1-3-19(9-11)10-14)7-13-6-15-12(8-17-13)2-4-21-15/h2,4,6,8,11,14H,1,3,5,7,9-10H2,(H,18,20)/t11-,14-/m1/s1. The van der Waals surface area contributed by atoms with Crippen molar-refractivity contribution in [2.75, 3.05) is 19.6 Å². The summed E-state index contributed by atoms with van der Waals surface area (Å²) in [6.45, 7) is 3.39. The maximum absolute atomic E-state index is 12.2. The number of furan rings is 1. The van der Waals surface area contributed by atoms with E-state index in [-0.39, 0.29) is 5.91 Å². The molecule has 0 aromatic carbocycles. The normalized spacial score (nSPS) is 27.9. The number of aromatic nitrogens is 1. The zero-order valence-corrected chi connectivity index (χ0v) is 11.9. The maximum atomic E-state index is 12.2. The number of rotatable bonds is 3. The Hall–Kier alpha value is -1.88. The smallest absolute Gasteiger partial charge is 0.226 e. The topological polar surface area (TPSA) is 58.4 Å². The largest absolute Gasteiger partial charge is 0.464 e. The van der Waals surface area contributed by atoms with E-state index in [4.69, 9.17) is 4.42 Å². The molecule has 0 saturated carbocycles. The first kappa shape index (κ1) is 12.8. The van der Waals surface area contributed by atoms with Gasteiger partial charge in [0.1, 0.15) is 5.58 Å². The Labute approximate surface area is 123 Å². The molecule has 4 rings (SSSR count). The molecular formula is C16H19N3O2. The van der Waals surface area contributed by atoms with Crippen LogP contribution < -0.4 is 5.32 Å². The van der Waals surface area contributed by atoms with Gasteiger partial charge in [0, 0.05) is 36.8 Å². The second kappa shape index (κ2) is 5.15. The van der Waals surface area contributed by atoms with Crippen LogP contribution in [0.2, 0.25) is 0 Å². The molecule has 0 radical (unpaired) electrons. The van der Waals surface area contributed by atoms with Crippen molar-refractivity contribution in [2.24, 2.45) is 5.92 Å². The lowest BCUT2D eigenvalue weighted by molar-refractivity contribution is -0.121. The summed E-state index contributed by atoms with van der Waals surface area (Å²) >= 11 is 0. The summed E-state index contributed by atoms with van der Waals surface area (Å²) in [4.78, 5) is 19.0. The van der Waals surface area contributed by atoms with Crippen molar-refractivity contribution in [1.82, 2.24) is 15.2 Å². The average molecular weight is 285 g/mol. The van der Waals surface area contributed by atoms with E-state index in [1.54, 1.807) is 12.5 Å². The molecule has 21 heavy (non-hydrogen) atoms. The van der Waals surface area contributed by atoms with E-state index in [2.05, 4.69) is 15.2 Å². The van der Waals surface area contributed by atoms with Gasteiger partial charge in [0.15, 0.2) is 0 Å². The molecule has 3 atom stereocenters. The van der Waals surface area contributed by atoms with Crippen LogP contribution >= 0.6 is 0 Å². The predicted molar refractivity (Wildman–Crippen MR) is 78.8 cm³/mol. The summed E-state index contributed by atoms with van der Waals surface area (Å²) in [7, 11) is 0. The van der Waals surface area contributed by atoms with Crippen LogP contribution in [0.1, 0.15) is 18.5 Å². The highest BCUT2D eigenvalue weighted by Crippen LogP contribution is 2.26. The molecule has 0 aliphatic carbocycles. The summed E-state index contributed by atoms with van der Waals surface area (Å²) in [6.07, 6.45) is 6.12. The van der Waals surface area contributed by atoms with Gasteiger partial charge in [0.05, 0.1) is 18.4 Å². The zero-order chi connectivity index (χ0) is 14.2. The summed E-state index contributed by atoms with van der Waals surface area (Å²) in [5.41, 5.74) is 1.55. The van der Waals surface area contributed by atoms with Crippen molar-refractivity contribution in [1.29, 1.82) is 0 Å². The Morgan fingerprint density at radius 3 is 3.33 bits per heavy atom. The monoisotopic (exact) mass is 285 g/mol. The number of carbonyl (C=O) groups excluding carboxylic acids is 1. The highest BCUT2D eigenvalue weighted by molar-refractivity contribution is 5.81. The molecule has 2 fully saturated rings. The van der Waals surface area contributed by atoms with Gasteiger partial charge in [-0.2, -0.15) is 0 Å². The Morgan fingerprint density at radius 2 is 2.43 bits per heavy atom. The van der Waals surface area contributed by atoms with Gasteiger partial charge in [-0.15, -0.1) is 0 Å². The second-order valence-corrected chi connectivity index (χ2v) is 6.23. The minimum absolute atomic E-state index is 0.0564. The molecular weight excluding hydrogens is 266 g/mol. The molecule has 2 saturated heterocycles. The lowest BCUT2D eigenvalue weighted by atomic mass is 9.97. The molecule has 5 nitrogen and oxygen atoms in total. The van der Waals surface area contributed by atoms with E-state index in [1.165, 1.54) is 19.5 Å². The first-order valence-corrected chi connectivity index (χ1v) is 7.60. The average Bonchev–Trinajstić information content (AvgIpc) is 3.04. The molecule has 0 spiro atoms. The summed E-state index contributed by atoms with van der Waals surface area (Å²) < 4.78 is 5.35. The third-order valence-electron chi connectivity index (χ3n) is 4.57. The van der Waals surface area contributed by atoms with Crippen LogP contribution in [0.25, 0.3) is 11.0 Å². The Bertz CT molecular complexity index is 654. The maximum Gasteiger partial charge on any atom is 0.226 e. The molecule has 2 aliphatic rings. The summed E-state index contributed by atoms with van der Waals surface area (Å²) in [6, 6.07) is 4.02. The predicted octanol–water partition coefficient (Wildman–Crippen LogP) is 1.58. The highest BCUT2D eigenvalue weighted by Gasteiger charge is 2.32. The molecule has 1 unspecified atom stereocenters. The molecule has 2 aromatic heterocycles. The number of amides is 1. The fraction of sp³-hybridized carbons (Fsp3) is 0.500. The fourth-order valence-electron chi connectivity index (χ4n) is 3.60. The number of nitrogens with one attached hydrogen (secondary N) is 1. The number of hydrogen-bond donors (Lipinski definition) is 1. The van der Waals surface area contributed by atoms with Gasteiger partial charge in [0.2, 0.25) is 5.91 Å². The van der Waals surface area contributed by atoms with Gasteiger partial charge < -0.3 is 14.6 Å². The van der Waals surface area contributed by atoms with Crippen molar-refractivity contribution >= 4 is 16.9 Å². The number of pyridine rings is 1. The Kier molecular flexibility index (Phi) is 3.15. The highest BCUT2D eigenvalue weighted by atomic mass is 16.3. The lowest BCUT2D eigenvalue weighted by Crippen LogP contribution is -2.47. The van der Waals surface area contributed by atoms with Gasteiger partial charge in [-0.05, 0) is 31.4 Å². The van der Waals surface area contributed by atoms with Crippen molar-refractivity contribution in [3.05, 3.63) is 30.3 Å². The van der Waals surface area contributed by atoms with Crippen LogP contribution in [0.3, 0.4) is 0 Å². The molecule has 1 amide bonds. The number of carbonyl (C=O) groups is 1. The molecule has 5 heteroatoms. The van der Waals surface area contributed by atoms with Crippen LogP contribution in [0, 0.1) is 5.92 Å². The molecule has 1 N–H and O–H groups in total. The van der Waals surface area contributed by atoms with Crippen LogP contribution in [0.5, 0.6) is 0 Å². The summed E-state index contributed by atoms with van der Waals surface area (Å²) in [5, 5.41) is 4.13. The third kappa shape index (κ3) is 2.65. The second-order valence-electron chi connectivity index (χ2n) is 6.23. The van der Waals surface area contributed by atoms with Crippen LogP contribution in [0.4, 0.5) is 0 Å². The van der Waals surface area contributed by atoms with E-state index in [0.717, 1.165) is 35.5 Å². The number of hydrogen-bond acceptors (Lipinski definition) is 4. The molecule has 110 valence electrons. The minimum Gasteiger partial charge on any atom is -0.464 e. The van der Waals surface area contributed by atoms with E-state index < -0.39 is 0 Å². The van der Waals surface area contributed by atoms with Gasteiger partial charge in [-0.3, -0.25) is 9.78 Å².